The van der Waals surface area contributed by atoms with Crippen LogP contribution in [0.4, 0.5) is 0 Å². The number of imide groups is 2. The number of amides is 4. The second-order valence-corrected chi connectivity index (χ2v) is 10.9. The van der Waals surface area contributed by atoms with Gasteiger partial charge in [0.1, 0.15) is 0 Å². The van der Waals surface area contributed by atoms with E-state index in [1.54, 1.807) is 24.3 Å². The molecule has 4 aromatic rings. The summed E-state index contributed by atoms with van der Waals surface area (Å²) in [5, 5.41) is 10.2. The Labute approximate surface area is 244 Å². The van der Waals surface area contributed by atoms with Crippen LogP contribution in [-0.4, -0.2) is 72.7 Å². The molecular formula is C34H34N4O4. The van der Waals surface area contributed by atoms with Gasteiger partial charge in [0.05, 0.1) is 0 Å². The maximum absolute atomic E-state index is 13.0. The van der Waals surface area contributed by atoms with Gasteiger partial charge in [0.2, 0.25) is 0 Å². The fourth-order valence-electron chi connectivity index (χ4n) is 6.04. The molecule has 0 fully saturated rings. The van der Waals surface area contributed by atoms with Crippen LogP contribution in [0, 0.1) is 0 Å². The number of hydrogen-bond donors (Lipinski definition) is 2. The van der Waals surface area contributed by atoms with Gasteiger partial charge in [-0.3, -0.25) is 29.0 Å². The molecular weight excluding hydrogens is 528 g/mol. The van der Waals surface area contributed by atoms with Gasteiger partial charge in [-0.2, -0.15) is 0 Å². The predicted octanol–water partition coefficient (Wildman–Crippen LogP) is 4.62. The second-order valence-electron chi connectivity index (χ2n) is 10.9. The van der Waals surface area contributed by atoms with E-state index in [-0.39, 0.29) is 23.6 Å². The van der Waals surface area contributed by atoms with Gasteiger partial charge < -0.3 is 10.6 Å². The molecule has 0 saturated carbocycles. The normalized spacial score (nSPS) is 14.5. The molecule has 2 aliphatic heterocycles. The zero-order chi connectivity index (χ0) is 29.1. The molecule has 0 aromatic heterocycles. The summed E-state index contributed by atoms with van der Waals surface area (Å²) in [6.07, 6.45) is 3.38. The molecule has 8 heteroatoms. The second kappa shape index (κ2) is 12.2. The van der Waals surface area contributed by atoms with Crippen molar-refractivity contribution in [1.29, 1.82) is 0 Å². The summed E-state index contributed by atoms with van der Waals surface area (Å²) in [6, 6.07) is 22.3. The maximum atomic E-state index is 13.0. The summed E-state index contributed by atoms with van der Waals surface area (Å²) in [5.41, 5.74) is 2.39. The van der Waals surface area contributed by atoms with E-state index in [1.807, 2.05) is 48.5 Å². The van der Waals surface area contributed by atoms with Crippen molar-refractivity contribution in [3.8, 4) is 0 Å². The lowest BCUT2D eigenvalue weighted by atomic mass is 9.94. The number of nitrogens with zero attached hydrogens (tertiary/aromatic N) is 2. The predicted molar refractivity (Wildman–Crippen MR) is 163 cm³/mol. The molecule has 8 nitrogen and oxygen atoms in total. The fraction of sp³-hybridized carbons (Fsp3) is 0.294. The van der Waals surface area contributed by atoms with E-state index in [1.165, 1.54) is 9.80 Å². The number of nitrogens with one attached hydrogen (secondary N) is 2. The van der Waals surface area contributed by atoms with Crippen molar-refractivity contribution in [3.05, 3.63) is 95.1 Å². The van der Waals surface area contributed by atoms with Gasteiger partial charge in [-0.15, -0.1) is 0 Å². The average Bonchev–Trinajstić information content (AvgIpc) is 3.01. The molecule has 0 radical (unpaired) electrons. The third-order valence-corrected chi connectivity index (χ3v) is 8.14. The van der Waals surface area contributed by atoms with E-state index in [2.05, 4.69) is 10.6 Å². The molecule has 2 aliphatic rings. The first-order chi connectivity index (χ1) is 20.6. The lowest BCUT2D eigenvalue weighted by Gasteiger charge is -2.27. The standard InChI is InChI=1S/C34H34N4O4/c39-31-25-13-3-9-23-10-4-14-26(29(23)25)32(40)37(31)21-7-19-35-17-1-2-18-36-20-8-22-38-33(41)27-15-5-11-24-12-6-16-28(30(24)27)34(38)42/h3-6,9-16,35-36H,1-2,7-8,17-22H2. The highest BCUT2D eigenvalue weighted by Gasteiger charge is 2.33. The Bertz CT molecular complexity index is 1470. The van der Waals surface area contributed by atoms with Crippen LogP contribution < -0.4 is 10.6 Å². The Morgan fingerprint density at radius 2 is 0.738 bits per heavy atom. The summed E-state index contributed by atoms with van der Waals surface area (Å²) < 4.78 is 0. The van der Waals surface area contributed by atoms with Gasteiger partial charge in [-0.1, -0.05) is 48.5 Å². The molecule has 2 heterocycles. The highest BCUT2D eigenvalue weighted by molar-refractivity contribution is 6.26. The molecule has 2 N–H and O–H groups in total. The summed E-state index contributed by atoms with van der Waals surface area (Å²) in [5.74, 6) is -0.865. The first-order valence-electron chi connectivity index (χ1n) is 14.7. The summed E-state index contributed by atoms with van der Waals surface area (Å²) in [4.78, 5) is 54.6. The zero-order valence-electron chi connectivity index (χ0n) is 23.5. The molecule has 4 amide bonds. The molecule has 0 spiro atoms. The Hall–Kier alpha value is -4.40. The molecule has 4 aromatic carbocycles. The van der Waals surface area contributed by atoms with Gasteiger partial charge >= 0.3 is 0 Å². The first kappa shape index (κ1) is 27.8. The number of carbonyl (C=O) groups excluding carboxylic acids is 4. The van der Waals surface area contributed by atoms with E-state index >= 15 is 0 Å². The minimum absolute atomic E-state index is 0.216. The van der Waals surface area contributed by atoms with Crippen LogP contribution in [0.2, 0.25) is 0 Å². The maximum Gasteiger partial charge on any atom is 0.261 e. The van der Waals surface area contributed by atoms with Crippen molar-refractivity contribution in [3.63, 3.8) is 0 Å². The van der Waals surface area contributed by atoms with Crippen molar-refractivity contribution >= 4 is 45.2 Å². The topological polar surface area (TPSA) is 98.8 Å². The molecule has 6 rings (SSSR count). The minimum Gasteiger partial charge on any atom is -0.317 e. The Morgan fingerprint density at radius 3 is 1.07 bits per heavy atom. The Balaban J connectivity index is 0.852. The van der Waals surface area contributed by atoms with E-state index < -0.39 is 0 Å². The average molecular weight is 563 g/mol. The first-order valence-corrected chi connectivity index (χ1v) is 14.7. The largest absolute Gasteiger partial charge is 0.317 e. The van der Waals surface area contributed by atoms with Crippen molar-refractivity contribution in [1.82, 2.24) is 20.4 Å². The van der Waals surface area contributed by atoms with E-state index in [9.17, 15) is 19.2 Å². The lowest BCUT2D eigenvalue weighted by molar-refractivity contribution is 0.0593. The van der Waals surface area contributed by atoms with Crippen LogP contribution in [0.5, 0.6) is 0 Å². The monoisotopic (exact) mass is 562 g/mol. The van der Waals surface area contributed by atoms with Crippen molar-refractivity contribution in [2.45, 2.75) is 25.7 Å². The van der Waals surface area contributed by atoms with E-state index in [4.69, 9.17) is 0 Å². The van der Waals surface area contributed by atoms with Crippen LogP contribution >= 0.6 is 0 Å². The molecule has 0 aliphatic carbocycles. The summed E-state index contributed by atoms with van der Waals surface area (Å²) in [6.45, 7) is 3.94. The minimum atomic E-state index is -0.216. The fourth-order valence-corrected chi connectivity index (χ4v) is 6.04. The molecule has 0 bridgehead atoms. The van der Waals surface area contributed by atoms with Crippen molar-refractivity contribution in [2.75, 3.05) is 39.3 Å². The van der Waals surface area contributed by atoms with Gasteiger partial charge in [0, 0.05) is 46.1 Å². The van der Waals surface area contributed by atoms with Gasteiger partial charge in [0.15, 0.2) is 0 Å². The smallest absolute Gasteiger partial charge is 0.261 e. The molecule has 0 saturated heterocycles. The van der Waals surface area contributed by atoms with Crippen LogP contribution in [0.15, 0.2) is 72.8 Å². The highest BCUT2D eigenvalue weighted by Crippen LogP contribution is 2.31. The Kier molecular flexibility index (Phi) is 8.08. The van der Waals surface area contributed by atoms with Gasteiger partial charge in [-0.25, -0.2) is 0 Å². The SMILES string of the molecule is O=C1c2cccc3cccc(c23)C(=O)N1CCCNCCCCNCCCN1C(=O)c2cccc3cccc(c23)C1=O. The van der Waals surface area contributed by atoms with Crippen molar-refractivity contribution < 1.29 is 19.2 Å². The van der Waals surface area contributed by atoms with Gasteiger partial charge in [-0.05, 0) is 86.9 Å². The summed E-state index contributed by atoms with van der Waals surface area (Å²) >= 11 is 0. The number of benzene rings is 4. The molecule has 0 atom stereocenters. The van der Waals surface area contributed by atoms with Crippen LogP contribution in [0.3, 0.4) is 0 Å². The number of rotatable bonds is 13. The number of carbonyl (C=O) groups is 4. The quantitative estimate of drug-likeness (QED) is 0.182. The third-order valence-electron chi connectivity index (χ3n) is 8.14. The van der Waals surface area contributed by atoms with Crippen molar-refractivity contribution in [2.24, 2.45) is 0 Å². The molecule has 0 unspecified atom stereocenters. The van der Waals surface area contributed by atoms with E-state index in [0.717, 1.165) is 60.6 Å². The van der Waals surface area contributed by atoms with Crippen LogP contribution in [-0.2, 0) is 0 Å². The molecule has 42 heavy (non-hydrogen) atoms. The number of unbranched alkanes of at least 4 members (excludes halogenated alkanes) is 1. The van der Waals surface area contributed by atoms with Gasteiger partial charge in [0.25, 0.3) is 23.6 Å². The lowest BCUT2D eigenvalue weighted by Crippen LogP contribution is -2.41. The Morgan fingerprint density at radius 1 is 0.429 bits per heavy atom. The highest BCUT2D eigenvalue weighted by atomic mass is 16.2. The third kappa shape index (κ3) is 5.19. The van der Waals surface area contributed by atoms with Crippen LogP contribution in [0.25, 0.3) is 21.5 Å². The zero-order valence-corrected chi connectivity index (χ0v) is 23.5. The van der Waals surface area contributed by atoms with E-state index in [0.29, 0.717) is 48.2 Å². The molecule has 214 valence electrons. The van der Waals surface area contributed by atoms with Crippen LogP contribution in [0.1, 0.15) is 67.1 Å². The summed E-state index contributed by atoms with van der Waals surface area (Å²) in [7, 11) is 0. The number of hydrogen-bond acceptors (Lipinski definition) is 6.